The summed E-state index contributed by atoms with van der Waals surface area (Å²) >= 11 is 0. The van der Waals surface area contributed by atoms with E-state index in [2.05, 4.69) is 15.3 Å². The molecule has 8 heteroatoms. The van der Waals surface area contributed by atoms with Gasteiger partial charge in [0.2, 0.25) is 0 Å². The molecule has 2 aromatic carbocycles. The maximum absolute atomic E-state index is 13.0. The van der Waals surface area contributed by atoms with Crippen LogP contribution in [0.15, 0.2) is 54.7 Å². The average Bonchev–Trinajstić information content (AvgIpc) is 3.39. The number of amides is 1. The van der Waals surface area contributed by atoms with E-state index in [-0.39, 0.29) is 11.6 Å². The third-order valence-electron chi connectivity index (χ3n) is 5.06. The number of aryl methyl sites for hydroxylation is 1. The minimum absolute atomic E-state index is 0.0981. The molecule has 0 spiro atoms. The van der Waals surface area contributed by atoms with Crippen molar-refractivity contribution in [1.82, 2.24) is 9.78 Å². The minimum atomic E-state index is -0.481. The number of carbonyl (C=O) groups is 1. The van der Waals surface area contributed by atoms with Crippen LogP contribution in [0.4, 0.5) is 17.1 Å². The van der Waals surface area contributed by atoms with Crippen LogP contribution in [0.3, 0.4) is 0 Å². The lowest BCUT2D eigenvalue weighted by molar-refractivity contribution is -0.384. The lowest BCUT2D eigenvalue weighted by Crippen LogP contribution is -2.23. The van der Waals surface area contributed by atoms with Gasteiger partial charge in [0.25, 0.3) is 11.6 Å². The molecule has 29 heavy (non-hydrogen) atoms. The molecule has 0 atom stereocenters. The van der Waals surface area contributed by atoms with E-state index in [0.29, 0.717) is 11.3 Å². The van der Waals surface area contributed by atoms with Crippen LogP contribution < -0.4 is 10.2 Å². The summed E-state index contributed by atoms with van der Waals surface area (Å²) in [7, 11) is 0. The van der Waals surface area contributed by atoms with E-state index in [1.54, 1.807) is 23.0 Å². The van der Waals surface area contributed by atoms with Crippen molar-refractivity contribution >= 4 is 23.0 Å². The number of nitro groups is 1. The number of aromatic nitrogens is 2. The van der Waals surface area contributed by atoms with Crippen molar-refractivity contribution in [3.05, 3.63) is 76.1 Å². The summed E-state index contributed by atoms with van der Waals surface area (Å²) in [6, 6.07) is 13.7. The molecule has 2 heterocycles. The van der Waals surface area contributed by atoms with Crippen LogP contribution in [0.25, 0.3) is 5.69 Å². The van der Waals surface area contributed by atoms with Crippen molar-refractivity contribution in [2.75, 3.05) is 23.3 Å². The van der Waals surface area contributed by atoms with Gasteiger partial charge in [-0.25, -0.2) is 4.68 Å². The summed E-state index contributed by atoms with van der Waals surface area (Å²) in [6.07, 6.45) is 3.80. The number of rotatable bonds is 5. The molecule has 1 aliphatic heterocycles. The van der Waals surface area contributed by atoms with Gasteiger partial charge in [-0.1, -0.05) is 6.07 Å². The lowest BCUT2D eigenvalue weighted by Gasteiger charge is -2.21. The Kier molecular flexibility index (Phi) is 4.99. The lowest BCUT2D eigenvalue weighted by atomic mass is 10.1. The van der Waals surface area contributed by atoms with Gasteiger partial charge in [-0.3, -0.25) is 14.9 Å². The van der Waals surface area contributed by atoms with Crippen LogP contribution in [-0.2, 0) is 0 Å². The smallest absolute Gasteiger partial charge is 0.270 e. The number of anilines is 2. The molecule has 1 N–H and O–H groups in total. The number of non-ortho nitro benzene ring substituents is 1. The first-order chi connectivity index (χ1) is 14.0. The highest BCUT2D eigenvalue weighted by Gasteiger charge is 2.22. The Morgan fingerprint density at radius 1 is 1.14 bits per heavy atom. The van der Waals surface area contributed by atoms with E-state index < -0.39 is 4.92 Å². The summed E-state index contributed by atoms with van der Waals surface area (Å²) in [5, 5.41) is 18.4. The summed E-state index contributed by atoms with van der Waals surface area (Å²) in [4.78, 5) is 25.9. The first kappa shape index (κ1) is 18.7. The zero-order valence-corrected chi connectivity index (χ0v) is 16.0. The van der Waals surface area contributed by atoms with Crippen LogP contribution in [0.5, 0.6) is 0 Å². The third kappa shape index (κ3) is 3.82. The topological polar surface area (TPSA) is 93.3 Å². The van der Waals surface area contributed by atoms with Gasteiger partial charge < -0.3 is 10.2 Å². The molecular formula is C21H21N5O3. The Morgan fingerprint density at radius 2 is 1.93 bits per heavy atom. The largest absolute Gasteiger partial charge is 0.371 e. The molecule has 3 aromatic rings. The second-order valence-electron chi connectivity index (χ2n) is 7.04. The molecule has 1 fully saturated rings. The molecule has 0 aliphatic carbocycles. The molecule has 0 saturated carbocycles. The number of nitrogens with one attached hydrogen (secondary N) is 1. The van der Waals surface area contributed by atoms with Gasteiger partial charge in [0.1, 0.15) is 0 Å². The predicted molar refractivity (Wildman–Crippen MR) is 111 cm³/mol. The van der Waals surface area contributed by atoms with Crippen LogP contribution in [0.2, 0.25) is 0 Å². The van der Waals surface area contributed by atoms with Gasteiger partial charge >= 0.3 is 0 Å². The summed E-state index contributed by atoms with van der Waals surface area (Å²) < 4.78 is 1.78. The highest BCUT2D eigenvalue weighted by atomic mass is 16.6. The van der Waals surface area contributed by atoms with Gasteiger partial charge in [0.05, 0.1) is 21.9 Å². The van der Waals surface area contributed by atoms with Crippen LogP contribution >= 0.6 is 0 Å². The summed E-state index contributed by atoms with van der Waals surface area (Å²) in [5.74, 6) is -0.370. The van der Waals surface area contributed by atoms with Crippen molar-refractivity contribution in [3.8, 4) is 5.69 Å². The molecule has 148 valence electrons. The fraction of sp³-hybridized carbons (Fsp3) is 0.238. The molecule has 1 aliphatic rings. The quantitative estimate of drug-likeness (QED) is 0.525. The number of nitrogens with zero attached hydrogens (tertiary/aromatic N) is 4. The van der Waals surface area contributed by atoms with Crippen LogP contribution in [0.1, 0.15) is 28.9 Å². The average molecular weight is 391 g/mol. The molecular weight excluding hydrogens is 370 g/mol. The Hall–Kier alpha value is -3.68. The first-order valence-electron chi connectivity index (χ1n) is 9.49. The third-order valence-corrected chi connectivity index (χ3v) is 5.06. The Balaban J connectivity index is 1.65. The maximum atomic E-state index is 13.0. The molecule has 1 amide bonds. The van der Waals surface area contributed by atoms with Crippen molar-refractivity contribution in [2.24, 2.45) is 0 Å². The molecule has 1 saturated heterocycles. The Bertz CT molecular complexity index is 1070. The van der Waals surface area contributed by atoms with E-state index in [1.807, 2.05) is 31.2 Å². The number of nitro benzene ring substituents is 1. The van der Waals surface area contributed by atoms with Gasteiger partial charge in [-0.2, -0.15) is 5.10 Å². The highest BCUT2D eigenvalue weighted by Crippen LogP contribution is 2.29. The molecule has 1 aromatic heterocycles. The van der Waals surface area contributed by atoms with Crippen LogP contribution in [0, 0.1) is 17.0 Å². The molecule has 8 nitrogen and oxygen atoms in total. The molecule has 0 bridgehead atoms. The van der Waals surface area contributed by atoms with Gasteiger partial charge in [0.15, 0.2) is 0 Å². The van der Waals surface area contributed by atoms with Crippen molar-refractivity contribution < 1.29 is 9.72 Å². The van der Waals surface area contributed by atoms with Gasteiger partial charge in [-0.15, -0.1) is 0 Å². The monoisotopic (exact) mass is 391 g/mol. The fourth-order valence-electron chi connectivity index (χ4n) is 3.61. The van der Waals surface area contributed by atoms with Gasteiger partial charge in [0, 0.05) is 42.8 Å². The molecule has 0 radical (unpaired) electrons. The second-order valence-corrected chi connectivity index (χ2v) is 7.04. The number of hydrogen-bond donors (Lipinski definition) is 1. The van der Waals surface area contributed by atoms with Crippen LogP contribution in [-0.4, -0.2) is 33.7 Å². The Labute approximate surface area is 167 Å². The fourth-order valence-corrected chi connectivity index (χ4v) is 3.61. The molecule has 4 rings (SSSR count). The number of benzene rings is 2. The highest BCUT2D eigenvalue weighted by molar-refractivity contribution is 6.08. The van der Waals surface area contributed by atoms with E-state index in [9.17, 15) is 14.9 Å². The van der Waals surface area contributed by atoms with Crippen molar-refractivity contribution in [2.45, 2.75) is 19.8 Å². The summed E-state index contributed by atoms with van der Waals surface area (Å²) in [5.41, 5.74) is 3.33. The maximum Gasteiger partial charge on any atom is 0.270 e. The second kappa shape index (κ2) is 7.75. The van der Waals surface area contributed by atoms with E-state index >= 15 is 0 Å². The van der Waals surface area contributed by atoms with E-state index in [1.165, 1.54) is 12.1 Å². The summed E-state index contributed by atoms with van der Waals surface area (Å²) in [6.45, 7) is 3.63. The SMILES string of the molecule is Cc1ccnn1-c1cccc(NC(=O)c2cc([N+](=O)[O-])ccc2N2CCCC2)c1. The first-order valence-corrected chi connectivity index (χ1v) is 9.49. The van der Waals surface area contributed by atoms with Crippen molar-refractivity contribution in [1.29, 1.82) is 0 Å². The normalized spacial score (nSPS) is 13.5. The van der Waals surface area contributed by atoms with Gasteiger partial charge in [-0.05, 0) is 50.1 Å². The van der Waals surface area contributed by atoms with E-state index in [4.69, 9.17) is 0 Å². The zero-order chi connectivity index (χ0) is 20.4. The Morgan fingerprint density at radius 3 is 2.62 bits per heavy atom. The predicted octanol–water partition coefficient (Wildman–Crippen LogP) is 3.94. The molecule has 0 unspecified atom stereocenters. The number of hydrogen-bond acceptors (Lipinski definition) is 5. The minimum Gasteiger partial charge on any atom is -0.371 e. The zero-order valence-electron chi connectivity index (χ0n) is 16.0. The standard InChI is InChI=1S/C21H21N5O3/c1-15-9-10-22-25(15)17-6-4-5-16(13-17)23-21(27)19-14-18(26(28)29)7-8-20(19)24-11-2-3-12-24/h4-10,13-14H,2-3,11-12H2,1H3,(H,23,27). The van der Waals surface area contributed by atoms with E-state index in [0.717, 1.165) is 43.0 Å². The number of carbonyl (C=O) groups excluding carboxylic acids is 1. The van der Waals surface area contributed by atoms with Crippen molar-refractivity contribution in [3.63, 3.8) is 0 Å².